The number of phenolic OH excluding ortho intramolecular Hbond substituents is 2. The minimum atomic E-state index is -1.11. The molecular weight excluding hydrogens is 366 g/mol. The van der Waals surface area contributed by atoms with Crippen molar-refractivity contribution >= 4 is 17.3 Å². The van der Waals surface area contributed by atoms with E-state index in [0.29, 0.717) is 23.1 Å². The molecule has 5 heteroatoms. The number of Topliss-reactive ketones (excluding diaryl/α,β-unsaturated/α-hetero) is 2. The molecule has 0 amide bonds. The zero-order valence-electron chi connectivity index (χ0n) is 17.4. The predicted molar refractivity (Wildman–Crippen MR) is 114 cm³/mol. The van der Waals surface area contributed by atoms with Crippen LogP contribution < -0.4 is 4.90 Å². The van der Waals surface area contributed by atoms with Gasteiger partial charge in [-0.2, -0.15) is 0 Å². The van der Waals surface area contributed by atoms with Crippen molar-refractivity contribution in [1.29, 1.82) is 0 Å². The number of nitrogens with zero attached hydrogens (tertiary/aromatic N) is 1. The highest BCUT2D eigenvalue weighted by Crippen LogP contribution is 2.48. The molecule has 1 aliphatic rings. The Hall–Kier alpha value is -2.82. The maximum absolute atomic E-state index is 12.7. The van der Waals surface area contributed by atoms with Gasteiger partial charge in [-0.3, -0.25) is 9.59 Å². The van der Waals surface area contributed by atoms with Crippen molar-refractivity contribution in [3.63, 3.8) is 0 Å². The van der Waals surface area contributed by atoms with Crippen LogP contribution in [0.4, 0.5) is 5.69 Å². The predicted octanol–water partition coefficient (Wildman–Crippen LogP) is 4.24. The second kappa shape index (κ2) is 8.27. The number of aromatic hydroxyl groups is 2. The van der Waals surface area contributed by atoms with Crippen LogP contribution in [0.5, 0.6) is 11.5 Å². The molecule has 3 rings (SSSR count). The van der Waals surface area contributed by atoms with Gasteiger partial charge in [0.25, 0.3) is 0 Å². The van der Waals surface area contributed by atoms with Gasteiger partial charge in [0.1, 0.15) is 23.3 Å². The van der Waals surface area contributed by atoms with Crippen molar-refractivity contribution in [2.75, 3.05) is 18.0 Å². The van der Waals surface area contributed by atoms with Crippen molar-refractivity contribution in [2.24, 2.45) is 11.8 Å². The van der Waals surface area contributed by atoms with E-state index in [1.807, 2.05) is 6.07 Å². The Balaban J connectivity index is 1.90. The van der Waals surface area contributed by atoms with E-state index in [-0.39, 0.29) is 28.6 Å². The lowest BCUT2D eigenvalue weighted by molar-refractivity contribution is -0.142. The number of anilines is 1. The fourth-order valence-corrected chi connectivity index (χ4v) is 4.03. The van der Waals surface area contributed by atoms with Crippen LogP contribution in [0.1, 0.15) is 50.7 Å². The van der Waals surface area contributed by atoms with Gasteiger partial charge in [-0.15, -0.1) is 0 Å². The first-order valence-corrected chi connectivity index (χ1v) is 10.1. The molecule has 154 valence electrons. The van der Waals surface area contributed by atoms with E-state index in [9.17, 15) is 19.8 Å². The van der Waals surface area contributed by atoms with Crippen LogP contribution in [0.25, 0.3) is 0 Å². The molecule has 0 radical (unpaired) electrons. The van der Waals surface area contributed by atoms with E-state index in [1.165, 1.54) is 0 Å². The third-order valence-electron chi connectivity index (χ3n) is 5.22. The van der Waals surface area contributed by atoms with Gasteiger partial charge in [0.15, 0.2) is 11.6 Å². The highest BCUT2D eigenvalue weighted by atomic mass is 16.3. The lowest BCUT2D eigenvalue weighted by Gasteiger charge is -2.34. The van der Waals surface area contributed by atoms with Gasteiger partial charge in [-0.25, -0.2) is 0 Å². The average molecular weight is 395 g/mol. The van der Waals surface area contributed by atoms with Gasteiger partial charge in [0, 0.05) is 30.9 Å². The molecule has 1 saturated carbocycles. The van der Waals surface area contributed by atoms with Gasteiger partial charge in [0.05, 0.1) is 5.56 Å². The number of benzene rings is 2. The molecule has 1 fully saturated rings. The molecule has 0 aromatic heterocycles. The first-order valence-electron chi connectivity index (χ1n) is 10.1. The van der Waals surface area contributed by atoms with Crippen LogP contribution in [0.3, 0.4) is 0 Å². The lowest BCUT2D eigenvalue weighted by Crippen LogP contribution is -2.44. The molecule has 0 spiro atoms. The Morgan fingerprint density at radius 1 is 0.828 bits per heavy atom. The first-order chi connectivity index (χ1) is 13.7. The fraction of sp³-hybridized carbons (Fsp3) is 0.417. The highest BCUT2D eigenvalue weighted by molar-refractivity contribution is 6.31. The maximum atomic E-state index is 12.7. The molecule has 2 aromatic carbocycles. The van der Waals surface area contributed by atoms with Crippen molar-refractivity contribution in [3.05, 3.63) is 53.6 Å². The number of carbonyl (C=O) groups excluding carboxylic acids is 2. The monoisotopic (exact) mass is 395 g/mol. The fourth-order valence-electron chi connectivity index (χ4n) is 4.03. The summed E-state index contributed by atoms with van der Waals surface area (Å²) in [5.74, 6) is -2.14. The molecule has 5 nitrogen and oxygen atoms in total. The Bertz CT molecular complexity index is 855. The summed E-state index contributed by atoms with van der Waals surface area (Å²) in [6.45, 7) is 9.98. The zero-order valence-corrected chi connectivity index (χ0v) is 17.4. The number of carbonyl (C=O) groups is 2. The Morgan fingerprint density at radius 3 is 1.76 bits per heavy atom. The highest BCUT2D eigenvalue weighted by Gasteiger charge is 2.52. The van der Waals surface area contributed by atoms with Crippen LogP contribution in [0, 0.1) is 11.8 Å². The molecule has 0 heterocycles. The number of rotatable bonds is 7. The van der Waals surface area contributed by atoms with E-state index >= 15 is 0 Å². The molecule has 29 heavy (non-hydrogen) atoms. The third kappa shape index (κ3) is 4.14. The molecule has 0 bridgehead atoms. The van der Waals surface area contributed by atoms with Crippen LogP contribution in [-0.4, -0.2) is 34.9 Å². The van der Waals surface area contributed by atoms with Crippen LogP contribution >= 0.6 is 0 Å². The standard InChI is InChI=1S/C24H29NO4/c1-14(2)12-25(13-15(3)4)17-10-18(26)21(19(27)11-17)22-23(28)20(24(22)29)16-8-6-5-7-9-16/h5-11,14-15,20,22,26-27H,12-13H2,1-4H3. The smallest absolute Gasteiger partial charge is 0.162 e. The van der Waals surface area contributed by atoms with Crippen molar-refractivity contribution in [3.8, 4) is 11.5 Å². The van der Waals surface area contributed by atoms with Crippen molar-refractivity contribution in [1.82, 2.24) is 0 Å². The Labute approximate surface area is 172 Å². The van der Waals surface area contributed by atoms with Gasteiger partial charge >= 0.3 is 0 Å². The first kappa shape index (κ1) is 20.9. The van der Waals surface area contributed by atoms with E-state index in [4.69, 9.17) is 0 Å². The summed E-state index contributed by atoms with van der Waals surface area (Å²) in [7, 11) is 0. The second-order valence-corrected chi connectivity index (χ2v) is 8.67. The van der Waals surface area contributed by atoms with E-state index in [1.54, 1.807) is 36.4 Å². The Kier molecular flexibility index (Phi) is 5.96. The molecule has 1 aliphatic carbocycles. The van der Waals surface area contributed by atoms with Crippen LogP contribution in [0.15, 0.2) is 42.5 Å². The summed E-state index contributed by atoms with van der Waals surface area (Å²) < 4.78 is 0. The van der Waals surface area contributed by atoms with Crippen LogP contribution in [0.2, 0.25) is 0 Å². The van der Waals surface area contributed by atoms with E-state index < -0.39 is 11.8 Å². The van der Waals surface area contributed by atoms with Crippen molar-refractivity contribution in [2.45, 2.75) is 39.5 Å². The largest absolute Gasteiger partial charge is 0.507 e. The summed E-state index contributed by atoms with van der Waals surface area (Å²) in [6.07, 6.45) is 0. The molecule has 0 unspecified atom stereocenters. The maximum Gasteiger partial charge on any atom is 0.162 e. The number of hydrogen-bond acceptors (Lipinski definition) is 5. The van der Waals surface area contributed by atoms with Gasteiger partial charge in [0.2, 0.25) is 0 Å². The summed E-state index contributed by atoms with van der Waals surface area (Å²) in [4.78, 5) is 27.6. The number of phenols is 2. The molecule has 0 aliphatic heterocycles. The molecule has 0 atom stereocenters. The van der Waals surface area contributed by atoms with Crippen molar-refractivity contribution < 1.29 is 19.8 Å². The molecular formula is C24H29NO4. The van der Waals surface area contributed by atoms with Crippen LogP contribution in [-0.2, 0) is 9.59 Å². The topological polar surface area (TPSA) is 77.8 Å². The summed E-state index contributed by atoms with van der Waals surface area (Å²) >= 11 is 0. The lowest BCUT2D eigenvalue weighted by atomic mass is 9.65. The Morgan fingerprint density at radius 2 is 1.31 bits per heavy atom. The number of ketones is 2. The zero-order chi connectivity index (χ0) is 21.3. The molecule has 2 N–H and O–H groups in total. The second-order valence-electron chi connectivity index (χ2n) is 8.67. The summed E-state index contributed by atoms with van der Waals surface area (Å²) in [5, 5.41) is 21.3. The summed E-state index contributed by atoms with van der Waals surface area (Å²) in [6, 6.07) is 12.0. The van der Waals surface area contributed by atoms with Gasteiger partial charge < -0.3 is 15.1 Å². The number of hydrogen-bond donors (Lipinski definition) is 2. The third-order valence-corrected chi connectivity index (χ3v) is 5.22. The SMILES string of the molecule is CC(C)CN(CC(C)C)c1cc(O)c(C2C(=O)C(c3ccccc3)C2=O)c(O)c1. The molecule has 2 aromatic rings. The minimum absolute atomic E-state index is 0.0185. The summed E-state index contributed by atoms with van der Waals surface area (Å²) in [5.41, 5.74) is 1.35. The van der Waals surface area contributed by atoms with Gasteiger partial charge in [-0.05, 0) is 17.4 Å². The van der Waals surface area contributed by atoms with Gasteiger partial charge in [-0.1, -0.05) is 58.0 Å². The normalized spacial score (nSPS) is 19.0. The van der Waals surface area contributed by atoms with E-state index in [2.05, 4.69) is 32.6 Å². The minimum Gasteiger partial charge on any atom is -0.507 e. The molecule has 0 saturated heterocycles. The average Bonchev–Trinajstić information content (AvgIpc) is 2.64. The van der Waals surface area contributed by atoms with E-state index in [0.717, 1.165) is 13.1 Å². The quantitative estimate of drug-likeness (QED) is 0.686.